The quantitative estimate of drug-likeness (QED) is 0.658. The Morgan fingerprint density at radius 1 is 1.23 bits per heavy atom. The summed E-state index contributed by atoms with van der Waals surface area (Å²) in [6.07, 6.45) is 8.21. The molecule has 1 rings (SSSR count). The van der Waals surface area contributed by atoms with Crippen LogP contribution in [-0.2, 0) is 13.0 Å². The van der Waals surface area contributed by atoms with Crippen LogP contribution in [0.1, 0.15) is 45.2 Å². The smallest absolute Gasteiger partial charge is 0.0624 e. The molecule has 0 N–H and O–H groups in total. The molecule has 0 atom stereocenters. The van der Waals surface area contributed by atoms with Gasteiger partial charge in [0.2, 0.25) is 0 Å². The lowest BCUT2D eigenvalue weighted by Gasteiger charge is -1.98. The second kappa shape index (κ2) is 5.79. The van der Waals surface area contributed by atoms with Crippen LogP contribution in [0.3, 0.4) is 0 Å². The Hall–Kier alpha value is -0.790. The van der Waals surface area contributed by atoms with Crippen molar-refractivity contribution < 1.29 is 0 Å². The highest BCUT2D eigenvalue weighted by molar-refractivity contribution is 4.98. The average Bonchev–Trinajstić information content (AvgIpc) is 2.59. The lowest BCUT2D eigenvalue weighted by molar-refractivity contribution is 0.563. The summed E-state index contributed by atoms with van der Waals surface area (Å²) in [6, 6.07) is 2.14. The second-order valence-electron chi connectivity index (χ2n) is 3.53. The van der Waals surface area contributed by atoms with Crippen LogP contribution in [-0.4, -0.2) is 9.78 Å². The Bertz CT molecular complexity index is 205. The molecule has 74 valence electrons. The van der Waals surface area contributed by atoms with E-state index >= 15 is 0 Å². The Kier molecular flexibility index (Phi) is 4.58. The topological polar surface area (TPSA) is 17.8 Å². The van der Waals surface area contributed by atoms with Crippen molar-refractivity contribution in [3.63, 3.8) is 0 Å². The van der Waals surface area contributed by atoms with E-state index in [0.29, 0.717) is 0 Å². The normalized spacial score (nSPS) is 10.6. The summed E-state index contributed by atoms with van der Waals surface area (Å²) in [5, 5.41) is 4.50. The Morgan fingerprint density at radius 3 is 2.69 bits per heavy atom. The molecule has 2 heteroatoms. The van der Waals surface area contributed by atoms with Crippen LogP contribution in [0.25, 0.3) is 0 Å². The Balaban J connectivity index is 2.34. The monoisotopic (exact) mass is 180 g/mol. The molecule has 0 saturated heterocycles. The van der Waals surface area contributed by atoms with Crippen LogP contribution >= 0.6 is 0 Å². The largest absolute Gasteiger partial charge is 0.272 e. The number of rotatable bonds is 6. The van der Waals surface area contributed by atoms with Crippen molar-refractivity contribution in [3.8, 4) is 0 Å². The standard InChI is InChI=1S/C11H20N2/c1-3-5-7-11-8-10-13(12-11)9-6-4-2/h8,10H,3-7,9H2,1-2H3. The highest BCUT2D eigenvalue weighted by Gasteiger charge is 1.97. The molecule has 0 unspecified atom stereocenters. The second-order valence-corrected chi connectivity index (χ2v) is 3.53. The van der Waals surface area contributed by atoms with Gasteiger partial charge < -0.3 is 0 Å². The van der Waals surface area contributed by atoms with E-state index in [1.54, 1.807) is 0 Å². The Labute approximate surface area is 81.0 Å². The molecular weight excluding hydrogens is 160 g/mol. The van der Waals surface area contributed by atoms with E-state index in [2.05, 4.69) is 35.9 Å². The number of hydrogen-bond acceptors (Lipinski definition) is 1. The maximum Gasteiger partial charge on any atom is 0.0624 e. The summed E-state index contributed by atoms with van der Waals surface area (Å²) >= 11 is 0. The lowest BCUT2D eigenvalue weighted by atomic mass is 10.2. The van der Waals surface area contributed by atoms with Crippen LogP contribution in [0, 0.1) is 0 Å². The number of unbranched alkanes of at least 4 members (excludes halogenated alkanes) is 2. The summed E-state index contributed by atoms with van der Waals surface area (Å²) in [5.41, 5.74) is 1.25. The molecule has 0 aliphatic carbocycles. The van der Waals surface area contributed by atoms with E-state index in [0.717, 1.165) is 13.0 Å². The third-order valence-corrected chi connectivity index (χ3v) is 2.22. The molecule has 0 radical (unpaired) electrons. The molecule has 0 aliphatic rings. The third-order valence-electron chi connectivity index (χ3n) is 2.22. The maximum absolute atomic E-state index is 4.50. The van der Waals surface area contributed by atoms with Crippen molar-refractivity contribution in [2.75, 3.05) is 0 Å². The first-order valence-corrected chi connectivity index (χ1v) is 5.39. The lowest BCUT2D eigenvalue weighted by Crippen LogP contribution is -1.99. The minimum absolute atomic E-state index is 1.07. The van der Waals surface area contributed by atoms with Crippen LogP contribution in [0.2, 0.25) is 0 Å². The molecule has 0 spiro atoms. The molecule has 0 amide bonds. The third kappa shape index (κ3) is 3.62. The SMILES string of the molecule is CCCCc1ccn(CCCC)n1. The summed E-state index contributed by atoms with van der Waals surface area (Å²) < 4.78 is 2.06. The predicted molar refractivity (Wildman–Crippen MR) is 55.7 cm³/mol. The fourth-order valence-corrected chi connectivity index (χ4v) is 1.34. The maximum atomic E-state index is 4.50. The molecule has 2 nitrogen and oxygen atoms in total. The van der Waals surface area contributed by atoms with Gasteiger partial charge in [-0.25, -0.2) is 0 Å². The first-order valence-electron chi connectivity index (χ1n) is 5.39. The molecule has 13 heavy (non-hydrogen) atoms. The van der Waals surface area contributed by atoms with Gasteiger partial charge in [0.25, 0.3) is 0 Å². The van der Waals surface area contributed by atoms with Gasteiger partial charge in [-0.15, -0.1) is 0 Å². The van der Waals surface area contributed by atoms with Gasteiger partial charge in [-0.2, -0.15) is 5.10 Å². The van der Waals surface area contributed by atoms with Crippen LogP contribution in [0.4, 0.5) is 0 Å². The van der Waals surface area contributed by atoms with E-state index in [4.69, 9.17) is 0 Å². The minimum Gasteiger partial charge on any atom is -0.272 e. The van der Waals surface area contributed by atoms with Crippen molar-refractivity contribution in [1.82, 2.24) is 9.78 Å². The summed E-state index contributed by atoms with van der Waals surface area (Å²) in [5.74, 6) is 0. The van der Waals surface area contributed by atoms with Crippen molar-refractivity contribution in [2.24, 2.45) is 0 Å². The van der Waals surface area contributed by atoms with E-state index in [-0.39, 0.29) is 0 Å². The number of aryl methyl sites for hydroxylation is 2. The van der Waals surface area contributed by atoms with Gasteiger partial charge in [0, 0.05) is 12.7 Å². The number of hydrogen-bond donors (Lipinski definition) is 0. The summed E-state index contributed by atoms with van der Waals surface area (Å²) in [4.78, 5) is 0. The van der Waals surface area contributed by atoms with Crippen LogP contribution in [0.15, 0.2) is 12.3 Å². The molecule has 1 aromatic rings. The van der Waals surface area contributed by atoms with E-state index in [1.807, 2.05) is 0 Å². The Morgan fingerprint density at radius 2 is 2.00 bits per heavy atom. The van der Waals surface area contributed by atoms with Crippen LogP contribution < -0.4 is 0 Å². The zero-order valence-corrected chi connectivity index (χ0v) is 8.79. The minimum atomic E-state index is 1.07. The van der Waals surface area contributed by atoms with Crippen molar-refractivity contribution in [3.05, 3.63) is 18.0 Å². The molecule has 0 saturated carbocycles. The highest BCUT2D eigenvalue weighted by atomic mass is 15.3. The number of nitrogens with zero attached hydrogens (tertiary/aromatic N) is 2. The summed E-state index contributed by atoms with van der Waals surface area (Å²) in [7, 11) is 0. The summed E-state index contributed by atoms with van der Waals surface area (Å²) in [6.45, 7) is 5.50. The van der Waals surface area contributed by atoms with Gasteiger partial charge in [0.15, 0.2) is 0 Å². The van der Waals surface area contributed by atoms with Gasteiger partial charge in [-0.05, 0) is 25.3 Å². The molecule has 1 heterocycles. The van der Waals surface area contributed by atoms with Crippen molar-refractivity contribution in [2.45, 2.75) is 52.5 Å². The van der Waals surface area contributed by atoms with Crippen molar-refractivity contribution >= 4 is 0 Å². The van der Waals surface area contributed by atoms with Gasteiger partial charge in [-0.1, -0.05) is 26.7 Å². The molecular formula is C11H20N2. The average molecular weight is 180 g/mol. The zero-order chi connectivity index (χ0) is 9.52. The van der Waals surface area contributed by atoms with Gasteiger partial charge in [0.1, 0.15) is 0 Å². The van der Waals surface area contributed by atoms with Gasteiger partial charge in [0.05, 0.1) is 5.69 Å². The zero-order valence-electron chi connectivity index (χ0n) is 8.79. The molecule has 1 aromatic heterocycles. The first kappa shape index (κ1) is 10.3. The highest BCUT2D eigenvalue weighted by Crippen LogP contribution is 2.02. The fourth-order valence-electron chi connectivity index (χ4n) is 1.34. The fraction of sp³-hybridized carbons (Fsp3) is 0.727. The number of aromatic nitrogens is 2. The predicted octanol–water partition coefficient (Wildman–Crippen LogP) is 3.03. The van der Waals surface area contributed by atoms with E-state index in [1.165, 1.54) is 31.4 Å². The molecule has 0 bridgehead atoms. The van der Waals surface area contributed by atoms with E-state index in [9.17, 15) is 0 Å². The molecule has 0 aromatic carbocycles. The molecule has 0 fully saturated rings. The van der Waals surface area contributed by atoms with Crippen LogP contribution in [0.5, 0.6) is 0 Å². The van der Waals surface area contributed by atoms with E-state index < -0.39 is 0 Å². The molecule has 0 aliphatic heterocycles. The van der Waals surface area contributed by atoms with Gasteiger partial charge >= 0.3 is 0 Å². The van der Waals surface area contributed by atoms with Gasteiger partial charge in [-0.3, -0.25) is 4.68 Å². The van der Waals surface area contributed by atoms with Crippen molar-refractivity contribution in [1.29, 1.82) is 0 Å². The first-order chi connectivity index (χ1) is 6.36.